The fourth-order valence-electron chi connectivity index (χ4n) is 2.44. The third-order valence-corrected chi connectivity index (χ3v) is 3.38. The summed E-state index contributed by atoms with van der Waals surface area (Å²) in [6, 6.07) is 8.35. The van der Waals surface area contributed by atoms with Crippen molar-refractivity contribution in [1.82, 2.24) is 5.32 Å². The van der Waals surface area contributed by atoms with Gasteiger partial charge in [0.05, 0.1) is 5.92 Å². The molecule has 0 radical (unpaired) electrons. The van der Waals surface area contributed by atoms with Crippen molar-refractivity contribution in [2.24, 2.45) is 11.7 Å². The first-order chi connectivity index (χ1) is 7.68. The van der Waals surface area contributed by atoms with E-state index in [4.69, 9.17) is 5.73 Å². The lowest BCUT2D eigenvalue weighted by molar-refractivity contribution is -0.122. The molecule has 0 aromatic heterocycles. The Bertz CT molecular complexity index is 389. The molecule has 0 spiro atoms. The molecule has 3 N–H and O–H groups in total. The van der Waals surface area contributed by atoms with Crippen LogP contribution in [0.15, 0.2) is 24.3 Å². The standard InChI is InChI=1S/C13H18N2O/c1-9-4-2-3-5-12(9)10-6-11(13(14)16)8-15-7-10/h2-5,10-11,15H,6-8H2,1H3,(H2,14,16)/t10-,11+/m0/s1. The summed E-state index contributed by atoms with van der Waals surface area (Å²) < 4.78 is 0. The SMILES string of the molecule is Cc1ccccc1[C@@H]1CNC[C@H](C(N)=O)C1. The van der Waals surface area contributed by atoms with Crippen molar-refractivity contribution in [2.75, 3.05) is 13.1 Å². The second kappa shape index (κ2) is 4.66. The molecule has 2 rings (SSSR count). The molecule has 0 unspecified atom stereocenters. The van der Waals surface area contributed by atoms with E-state index in [0.29, 0.717) is 5.92 Å². The number of primary amides is 1. The molecule has 1 amide bonds. The zero-order valence-corrected chi connectivity index (χ0v) is 9.57. The predicted molar refractivity (Wildman–Crippen MR) is 64.1 cm³/mol. The van der Waals surface area contributed by atoms with E-state index >= 15 is 0 Å². The summed E-state index contributed by atoms with van der Waals surface area (Å²) in [7, 11) is 0. The Morgan fingerprint density at radius 1 is 1.38 bits per heavy atom. The minimum absolute atomic E-state index is 0.0293. The van der Waals surface area contributed by atoms with Crippen LogP contribution in [0.4, 0.5) is 0 Å². The highest BCUT2D eigenvalue weighted by Crippen LogP contribution is 2.28. The Morgan fingerprint density at radius 3 is 2.81 bits per heavy atom. The lowest BCUT2D eigenvalue weighted by Crippen LogP contribution is -2.41. The van der Waals surface area contributed by atoms with Gasteiger partial charge in [0.2, 0.25) is 5.91 Å². The fraction of sp³-hybridized carbons (Fsp3) is 0.462. The average Bonchev–Trinajstić information content (AvgIpc) is 2.30. The van der Waals surface area contributed by atoms with Crippen molar-refractivity contribution in [2.45, 2.75) is 19.3 Å². The van der Waals surface area contributed by atoms with Gasteiger partial charge in [0.15, 0.2) is 0 Å². The fourth-order valence-corrected chi connectivity index (χ4v) is 2.44. The Hall–Kier alpha value is -1.35. The Labute approximate surface area is 96.0 Å². The van der Waals surface area contributed by atoms with Crippen LogP contribution < -0.4 is 11.1 Å². The van der Waals surface area contributed by atoms with Crippen LogP contribution in [-0.2, 0) is 4.79 Å². The van der Waals surface area contributed by atoms with Crippen molar-refractivity contribution in [1.29, 1.82) is 0 Å². The molecule has 86 valence electrons. The van der Waals surface area contributed by atoms with Crippen LogP contribution in [0.5, 0.6) is 0 Å². The van der Waals surface area contributed by atoms with E-state index in [2.05, 4.69) is 30.4 Å². The molecule has 1 fully saturated rings. The number of benzene rings is 1. The monoisotopic (exact) mass is 218 g/mol. The van der Waals surface area contributed by atoms with Gasteiger partial charge in [-0.05, 0) is 30.4 Å². The van der Waals surface area contributed by atoms with E-state index in [1.807, 2.05) is 6.07 Å². The summed E-state index contributed by atoms with van der Waals surface area (Å²) in [6.07, 6.45) is 0.868. The summed E-state index contributed by atoms with van der Waals surface area (Å²) in [5.41, 5.74) is 7.99. The van der Waals surface area contributed by atoms with Crippen LogP contribution in [-0.4, -0.2) is 19.0 Å². The van der Waals surface area contributed by atoms with Gasteiger partial charge in [-0.1, -0.05) is 24.3 Å². The second-order valence-corrected chi connectivity index (χ2v) is 4.55. The van der Waals surface area contributed by atoms with Gasteiger partial charge < -0.3 is 11.1 Å². The average molecular weight is 218 g/mol. The molecular weight excluding hydrogens is 200 g/mol. The van der Waals surface area contributed by atoms with Crippen LogP contribution in [0.25, 0.3) is 0 Å². The maximum Gasteiger partial charge on any atom is 0.221 e. The van der Waals surface area contributed by atoms with Crippen molar-refractivity contribution in [3.05, 3.63) is 35.4 Å². The van der Waals surface area contributed by atoms with Crippen molar-refractivity contribution in [3.63, 3.8) is 0 Å². The zero-order chi connectivity index (χ0) is 11.5. The number of amides is 1. The number of carbonyl (C=O) groups excluding carboxylic acids is 1. The second-order valence-electron chi connectivity index (χ2n) is 4.55. The topological polar surface area (TPSA) is 55.1 Å². The van der Waals surface area contributed by atoms with Gasteiger partial charge in [0.1, 0.15) is 0 Å². The Morgan fingerprint density at radius 2 is 2.12 bits per heavy atom. The van der Waals surface area contributed by atoms with Crippen LogP contribution in [0.3, 0.4) is 0 Å². The first-order valence-electron chi connectivity index (χ1n) is 5.74. The lowest BCUT2D eigenvalue weighted by Gasteiger charge is -2.29. The van der Waals surface area contributed by atoms with Gasteiger partial charge in [0, 0.05) is 13.1 Å². The molecule has 1 aromatic rings. The lowest BCUT2D eigenvalue weighted by atomic mass is 9.83. The molecule has 0 aliphatic carbocycles. The minimum atomic E-state index is -0.189. The highest BCUT2D eigenvalue weighted by molar-refractivity contribution is 5.77. The van der Waals surface area contributed by atoms with E-state index < -0.39 is 0 Å². The maximum absolute atomic E-state index is 11.2. The van der Waals surface area contributed by atoms with E-state index in [1.165, 1.54) is 11.1 Å². The number of rotatable bonds is 2. The largest absolute Gasteiger partial charge is 0.369 e. The number of hydrogen-bond acceptors (Lipinski definition) is 2. The molecule has 1 aliphatic rings. The van der Waals surface area contributed by atoms with Gasteiger partial charge >= 0.3 is 0 Å². The zero-order valence-electron chi connectivity index (χ0n) is 9.57. The van der Waals surface area contributed by atoms with Crippen molar-refractivity contribution in [3.8, 4) is 0 Å². The number of hydrogen-bond donors (Lipinski definition) is 2. The number of aryl methyl sites for hydroxylation is 1. The minimum Gasteiger partial charge on any atom is -0.369 e. The Balaban J connectivity index is 2.16. The van der Waals surface area contributed by atoms with Crippen molar-refractivity contribution < 1.29 is 4.79 Å². The molecule has 3 heteroatoms. The normalized spacial score (nSPS) is 25.3. The molecule has 3 nitrogen and oxygen atoms in total. The molecule has 16 heavy (non-hydrogen) atoms. The number of carbonyl (C=O) groups is 1. The third kappa shape index (κ3) is 2.25. The van der Waals surface area contributed by atoms with Gasteiger partial charge in [-0.3, -0.25) is 4.79 Å². The molecular formula is C13H18N2O. The predicted octanol–water partition coefficient (Wildman–Crippen LogP) is 1.17. The van der Waals surface area contributed by atoms with Crippen LogP contribution in [0.2, 0.25) is 0 Å². The van der Waals surface area contributed by atoms with E-state index in [1.54, 1.807) is 0 Å². The summed E-state index contributed by atoms with van der Waals surface area (Å²) >= 11 is 0. The molecule has 2 atom stereocenters. The van der Waals surface area contributed by atoms with Crippen molar-refractivity contribution >= 4 is 5.91 Å². The van der Waals surface area contributed by atoms with Crippen LogP contribution in [0.1, 0.15) is 23.5 Å². The van der Waals surface area contributed by atoms with Crippen LogP contribution >= 0.6 is 0 Å². The van der Waals surface area contributed by atoms with E-state index in [9.17, 15) is 4.79 Å². The molecule has 1 heterocycles. The van der Waals surface area contributed by atoms with Crippen LogP contribution in [0, 0.1) is 12.8 Å². The highest BCUT2D eigenvalue weighted by Gasteiger charge is 2.26. The van der Waals surface area contributed by atoms with E-state index in [-0.39, 0.29) is 11.8 Å². The quantitative estimate of drug-likeness (QED) is 0.783. The summed E-state index contributed by atoms with van der Waals surface area (Å²) in [4.78, 5) is 11.2. The molecule has 0 saturated carbocycles. The number of nitrogens with one attached hydrogen (secondary N) is 1. The van der Waals surface area contributed by atoms with E-state index in [0.717, 1.165) is 19.5 Å². The molecule has 1 saturated heterocycles. The number of piperidine rings is 1. The summed E-state index contributed by atoms with van der Waals surface area (Å²) in [6.45, 7) is 3.77. The maximum atomic E-state index is 11.2. The first-order valence-corrected chi connectivity index (χ1v) is 5.74. The molecule has 0 bridgehead atoms. The third-order valence-electron chi connectivity index (χ3n) is 3.38. The van der Waals surface area contributed by atoms with Gasteiger partial charge in [-0.2, -0.15) is 0 Å². The Kier molecular flexibility index (Phi) is 3.25. The molecule has 1 aliphatic heterocycles. The smallest absolute Gasteiger partial charge is 0.221 e. The van der Waals surface area contributed by atoms with Gasteiger partial charge in [-0.15, -0.1) is 0 Å². The first kappa shape index (κ1) is 11.1. The highest BCUT2D eigenvalue weighted by atomic mass is 16.1. The van der Waals surface area contributed by atoms with Gasteiger partial charge in [0.25, 0.3) is 0 Å². The van der Waals surface area contributed by atoms with Gasteiger partial charge in [-0.25, -0.2) is 0 Å². The number of nitrogens with two attached hydrogens (primary N) is 1. The molecule has 1 aromatic carbocycles. The summed E-state index contributed by atoms with van der Waals surface area (Å²) in [5.74, 6) is 0.191. The summed E-state index contributed by atoms with van der Waals surface area (Å²) in [5, 5.41) is 3.29.